The molecular formula is C21H39AlO3. The molecule has 144 valence electrons. The predicted molar refractivity (Wildman–Crippen MR) is 103 cm³/mol. The predicted octanol–water partition coefficient (Wildman–Crippen LogP) is 5.32. The van der Waals surface area contributed by atoms with E-state index in [1.165, 1.54) is 25.7 Å². The van der Waals surface area contributed by atoms with Gasteiger partial charge >= 0.3 is 15.1 Å². The molecule has 0 aromatic heterocycles. The van der Waals surface area contributed by atoms with Gasteiger partial charge in [0.15, 0.2) is 0 Å². The van der Waals surface area contributed by atoms with E-state index in [0.29, 0.717) is 22.9 Å². The summed E-state index contributed by atoms with van der Waals surface area (Å²) in [5, 5.41) is 0. The van der Waals surface area contributed by atoms with Crippen LogP contribution >= 0.6 is 0 Å². The van der Waals surface area contributed by atoms with Crippen molar-refractivity contribution in [2.24, 2.45) is 34.5 Å². The van der Waals surface area contributed by atoms with Crippen LogP contribution in [-0.2, 0) is 11.4 Å². The van der Waals surface area contributed by atoms with E-state index in [9.17, 15) is 0 Å². The minimum atomic E-state index is -2.10. The normalized spacial score (nSPS) is 42.2. The quantitative estimate of drug-likeness (QED) is 0.595. The van der Waals surface area contributed by atoms with Crippen molar-refractivity contribution >= 4 is 15.1 Å². The molecule has 0 aromatic carbocycles. The molecule has 3 rings (SSSR count). The number of hydrogen-bond acceptors (Lipinski definition) is 3. The SMILES string of the molecule is CC(C)[O][Al]([O]C(C)C)[O]C1C[C@@H](C)[C@]23CC[C@@H](C)[C@H](C2)C(C)(C)[C@H]13. The van der Waals surface area contributed by atoms with Gasteiger partial charge in [-0.05, 0) is 87.9 Å². The van der Waals surface area contributed by atoms with Crippen LogP contribution < -0.4 is 0 Å². The molecule has 4 heteroatoms. The summed E-state index contributed by atoms with van der Waals surface area (Å²) >= 11 is -2.10. The highest BCUT2D eigenvalue weighted by molar-refractivity contribution is 6.36. The van der Waals surface area contributed by atoms with Crippen LogP contribution in [0.25, 0.3) is 0 Å². The van der Waals surface area contributed by atoms with E-state index < -0.39 is 15.1 Å². The highest BCUT2D eigenvalue weighted by Crippen LogP contribution is 2.72. The number of fused-ring (bicyclic) bond motifs is 1. The molecule has 3 aliphatic carbocycles. The number of hydrogen-bond donors (Lipinski definition) is 0. The van der Waals surface area contributed by atoms with Crippen LogP contribution in [-0.4, -0.2) is 33.5 Å². The Labute approximate surface area is 160 Å². The first-order valence-corrected chi connectivity index (χ1v) is 12.0. The lowest BCUT2D eigenvalue weighted by molar-refractivity contribution is -0.0195. The molecule has 1 unspecified atom stereocenters. The van der Waals surface area contributed by atoms with E-state index in [1.54, 1.807) is 0 Å². The summed E-state index contributed by atoms with van der Waals surface area (Å²) in [7, 11) is 0. The van der Waals surface area contributed by atoms with Gasteiger partial charge in [-0.15, -0.1) is 0 Å². The molecule has 0 radical (unpaired) electrons. The Morgan fingerprint density at radius 2 is 1.60 bits per heavy atom. The molecular weight excluding hydrogens is 327 g/mol. The lowest BCUT2D eigenvalue weighted by atomic mass is 9.66. The summed E-state index contributed by atoms with van der Waals surface area (Å²) in [6.45, 7) is 18.3. The first-order chi connectivity index (χ1) is 11.6. The number of rotatable bonds is 6. The second kappa shape index (κ2) is 7.10. The molecule has 6 atom stereocenters. The molecule has 1 spiro atoms. The molecule has 0 aromatic rings. The van der Waals surface area contributed by atoms with Crippen LogP contribution in [0.15, 0.2) is 0 Å². The first kappa shape index (κ1) is 20.2. The van der Waals surface area contributed by atoms with E-state index in [4.69, 9.17) is 11.4 Å². The van der Waals surface area contributed by atoms with Crippen molar-refractivity contribution < 1.29 is 11.4 Å². The maximum atomic E-state index is 6.69. The Kier molecular flexibility index (Phi) is 5.72. The first-order valence-electron chi connectivity index (χ1n) is 10.5. The summed E-state index contributed by atoms with van der Waals surface area (Å²) in [6, 6.07) is 0. The Hall–Kier alpha value is 0.412. The van der Waals surface area contributed by atoms with Crippen LogP contribution in [0.2, 0.25) is 0 Å². The maximum absolute atomic E-state index is 6.69. The zero-order valence-corrected chi connectivity index (χ0v) is 18.8. The average molecular weight is 367 g/mol. The lowest BCUT2D eigenvalue weighted by Gasteiger charge is -2.39. The van der Waals surface area contributed by atoms with Crippen molar-refractivity contribution in [1.82, 2.24) is 0 Å². The van der Waals surface area contributed by atoms with E-state index >= 15 is 0 Å². The molecule has 3 fully saturated rings. The molecule has 3 aliphatic rings. The van der Waals surface area contributed by atoms with E-state index in [2.05, 4.69) is 55.4 Å². The largest absolute Gasteiger partial charge is 0.906 e. The second-order valence-corrected chi connectivity index (χ2v) is 11.7. The third kappa shape index (κ3) is 3.47. The van der Waals surface area contributed by atoms with Gasteiger partial charge < -0.3 is 11.4 Å². The van der Waals surface area contributed by atoms with E-state index in [-0.39, 0.29) is 12.2 Å². The smallest absolute Gasteiger partial charge is 0.452 e. The van der Waals surface area contributed by atoms with Gasteiger partial charge in [0.25, 0.3) is 0 Å². The van der Waals surface area contributed by atoms with Crippen molar-refractivity contribution in [3.05, 3.63) is 0 Å². The van der Waals surface area contributed by atoms with Gasteiger partial charge in [0, 0.05) is 18.3 Å². The van der Waals surface area contributed by atoms with Crippen LogP contribution in [0.5, 0.6) is 0 Å². The van der Waals surface area contributed by atoms with Crippen molar-refractivity contribution in [3.63, 3.8) is 0 Å². The highest BCUT2D eigenvalue weighted by Gasteiger charge is 2.68. The fourth-order valence-electron chi connectivity index (χ4n) is 6.80. The molecule has 25 heavy (non-hydrogen) atoms. The Morgan fingerprint density at radius 1 is 1.00 bits per heavy atom. The zero-order chi connectivity index (χ0) is 18.6. The maximum Gasteiger partial charge on any atom is 0.906 e. The third-order valence-corrected chi connectivity index (χ3v) is 9.83. The van der Waals surface area contributed by atoms with Crippen LogP contribution in [0.3, 0.4) is 0 Å². The summed E-state index contributed by atoms with van der Waals surface area (Å²) in [6.07, 6.45) is 6.03. The molecule has 2 bridgehead atoms. The second-order valence-electron chi connectivity index (χ2n) is 10.3. The highest BCUT2D eigenvalue weighted by atomic mass is 27.3. The topological polar surface area (TPSA) is 27.7 Å². The van der Waals surface area contributed by atoms with Gasteiger partial charge in [-0.2, -0.15) is 0 Å². The van der Waals surface area contributed by atoms with Crippen molar-refractivity contribution in [2.45, 2.75) is 99.4 Å². The van der Waals surface area contributed by atoms with Crippen LogP contribution in [0.4, 0.5) is 0 Å². The molecule has 3 saturated carbocycles. The summed E-state index contributed by atoms with van der Waals surface area (Å²) in [5.41, 5.74) is 0.861. The summed E-state index contributed by atoms with van der Waals surface area (Å²) in [5.74, 6) is 3.11. The molecule has 0 heterocycles. The van der Waals surface area contributed by atoms with Gasteiger partial charge in [-0.3, -0.25) is 0 Å². The van der Waals surface area contributed by atoms with Gasteiger partial charge in [0.2, 0.25) is 0 Å². The van der Waals surface area contributed by atoms with E-state index in [0.717, 1.165) is 17.8 Å². The van der Waals surface area contributed by atoms with Crippen molar-refractivity contribution in [3.8, 4) is 0 Å². The van der Waals surface area contributed by atoms with Gasteiger partial charge in [-0.25, -0.2) is 0 Å². The Bertz CT molecular complexity index is 468. The van der Waals surface area contributed by atoms with Gasteiger partial charge in [0.1, 0.15) is 0 Å². The zero-order valence-electron chi connectivity index (χ0n) is 17.7. The van der Waals surface area contributed by atoms with E-state index in [1.807, 2.05) is 0 Å². The average Bonchev–Trinajstić information content (AvgIpc) is 2.83. The molecule has 0 saturated heterocycles. The Morgan fingerprint density at radius 3 is 2.16 bits per heavy atom. The molecule has 0 aliphatic heterocycles. The molecule has 0 amide bonds. The third-order valence-electron chi connectivity index (χ3n) is 7.72. The fourth-order valence-corrected chi connectivity index (χ4v) is 8.44. The van der Waals surface area contributed by atoms with Crippen molar-refractivity contribution in [1.29, 1.82) is 0 Å². The van der Waals surface area contributed by atoms with Crippen molar-refractivity contribution in [2.75, 3.05) is 0 Å². The molecule has 3 nitrogen and oxygen atoms in total. The Balaban J connectivity index is 1.83. The fraction of sp³-hybridized carbons (Fsp3) is 1.00. The van der Waals surface area contributed by atoms with Crippen LogP contribution in [0.1, 0.15) is 81.1 Å². The monoisotopic (exact) mass is 366 g/mol. The standard InChI is InChI=1S/C15H25O.2C3H7O.Al/c1-9-5-6-15-8-11(9)14(3,4)13(15)12(16)7-10(15)2;2*1-3(2)4;/h9-13H,5-8H2,1-4H3;2*3H,1-2H3;/q3*-1;+3/t9-,10-,11+,12?,13+,15+;;;/m1.../s1. The minimum Gasteiger partial charge on any atom is -0.452 e. The lowest BCUT2D eigenvalue weighted by Crippen LogP contribution is -2.42. The van der Waals surface area contributed by atoms with Gasteiger partial charge in [0.05, 0.1) is 0 Å². The summed E-state index contributed by atoms with van der Waals surface area (Å²) in [4.78, 5) is 0. The van der Waals surface area contributed by atoms with Gasteiger partial charge in [-0.1, -0.05) is 27.7 Å². The summed E-state index contributed by atoms with van der Waals surface area (Å²) < 4.78 is 18.9. The molecule has 0 N–H and O–H groups in total. The minimum absolute atomic E-state index is 0.166. The van der Waals surface area contributed by atoms with Crippen LogP contribution in [0, 0.1) is 34.5 Å².